The standard InChI is InChI=1S/C88H155NO13/c1-3-5-7-9-11-13-15-17-19-21-23-25-27-29-31-33-34-35-36-37-38-39-40-41-42-44-46-48-50-52-54-56-58-60-62-64-66-68-70-72-80(93)89-76(75-99-87-85(98)83(96)86(79(74-91)101-87)102-88-84(97)82(95)81(94)78(73-90)100-88)77(92)71-69-67-65-63-61-59-57-55-53-51-49-47-45-43-32-30-28-26-24-22-20-18-16-14-12-10-8-6-4-2/h5,7,11,13,17,19,23,25,29,31,34-35,53,55,61,63,69,71,76-79,81-88,90-92,94-98H,3-4,6,8-10,12,14-16,18,20-22,24,26-28,30,32-33,36-52,54,56-60,62,64-68,70,72-75H2,1-2H3,(H,89,93)/b7-5-,13-11-,19-17-,25-23-,31-29-,35-34-,55-53+,63-61+,71-69+. The van der Waals surface area contributed by atoms with Crippen LogP contribution in [0, 0.1) is 0 Å². The average molecular weight is 1440 g/mol. The summed E-state index contributed by atoms with van der Waals surface area (Å²) in [5, 5.41) is 87.7. The SMILES string of the molecule is CC/C=C\C/C=C\C/C=C\C/C=C\C/C=C\C/C=C\CCCCCCCCCCCCCCCCCCCCCCC(=O)NC(COC1OC(CO)C(OC2OC(CO)C(O)C(O)C2O)C(O)C1O)C(O)/C=C/CC/C=C/CC/C=C/CCCCCCCCCCCCCCCCCCCCC. The number of ether oxygens (including phenoxy) is 4. The third kappa shape index (κ3) is 52.6. The molecular formula is C88H155NO13. The van der Waals surface area contributed by atoms with E-state index in [-0.39, 0.29) is 18.9 Å². The maximum atomic E-state index is 13.4. The fourth-order valence-corrected chi connectivity index (χ4v) is 13.3. The van der Waals surface area contributed by atoms with Crippen molar-refractivity contribution in [3.8, 4) is 0 Å². The van der Waals surface area contributed by atoms with E-state index in [1.54, 1.807) is 6.08 Å². The van der Waals surface area contributed by atoms with Gasteiger partial charge in [0.25, 0.3) is 0 Å². The van der Waals surface area contributed by atoms with Gasteiger partial charge in [0, 0.05) is 6.42 Å². The van der Waals surface area contributed by atoms with E-state index in [4.69, 9.17) is 18.9 Å². The van der Waals surface area contributed by atoms with E-state index in [2.05, 4.69) is 116 Å². The molecule has 2 rings (SSSR count). The normalized spacial score (nSPS) is 22.2. The molecule has 1 amide bonds. The van der Waals surface area contributed by atoms with Gasteiger partial charge in [-0.3, -0.25) is 4.79 Å². The molecule has 0 saturated carbocycles. The zero-order valence-electron chi connectivity index (χ0n) is 64.8. The number of aliphatic hydroxyl groups is 8. The molecule has 2 heterocycles. The number of unbranched alkanes of at least 4 members (excludes halogenated alkanes) is 41. The van der Waals surface area contributed by atoms with Crippen LogP contribution in [-0.2, 0) is 23.7 Å². The van der Waals surface area contributed by atoms with Gasteiger partial charge in [-0.1, -0.05) is 354 Å². The van der Waals surface area contributed by atoms with Crippen LogP contribution in [0.15, 0.2) is 109 Å². The van der Waals surface area contributed by atoms with Gasteiger partial charge in [0.05, 0.1) is 32.0 Å². The van der Waals surface area contributed by atoms with Crippen LogP contribution < -0.4 is 5.32 Å². The number of nitrogens with one attached hydrogen (secondary N) is 1. The van der Waals surface area contributed by atoms with Gasteiger partial charge >= 0.3 is 0 Å². The summed E-state index contributed by atoms with van der Waals surface area (Å²) < 4.78 is 22.9. The highest BCUT2D eigenvalue weighted by Crippen LogP contribution is 2.30. The fraction of sp³-hybridized carbons (Fsp3) is 0.784. The van der Waals surface area contributed by atoms with Gasteiger partial charge in [0.1, 0.15) is 48.8 Å². The maximum Gasteiger partial charge on any atom is 0.220 e. The van der Waals surface area contributed by atoms with Crippen LogP contribution in [0.25, 0.3) is 0 Å². The first-order valence-corrected chi connectivity index (χ1v) is 42.1. The van der Waals surface area contributed by atoms with Crippen LogP contribution in [0.3, 0.4) is 0 Å². The molecule has 0 bridgehead atoms. The summed E-state index contributed by atoms with van der Waals surface area (Å²) in [5.41, 5.74) is 0. The topological polar surface area (TPSA) is 228 Å². The predicted molar refractivity (Wildman–Crippen MR) is 424 cm³/mol. The van der Waals surface area contributed by atoms with Crippen molar-refractivity contribution < 1.29 is 64.6 Å². The van der Waals surface area contributed by atoms with E-state index >= 15 is 0 Å². The molecular weight excluding hydrogens is 1280 g/mol. The largest absolute Gasteiger partial charge is 0.394 e. The summed E-state index contributed by atoms with van der Waals surface area (Å²) in [6.07, 6.45) is 86.1. The minimum atomic E-state index is -1.80. The number of amides is 1. The Kier molecular flexibility index (Phi) is 65.6. The summed E-state index contributed by atoms with van der Waals surface area (Å²) in [6, 6.07) is -0.944. The van der Waals surface area contributed by atoms with Crippen molar-refractivity contribution in [1.29, 1.82) is 0 Å². The van der Waals surface area contributed by atoms with Gasteiger partial charge in [-0.25, -0.2) is 0 Å². The van der Waals surface area contributed by atoms with Crippen molar-refractivity contribution in [2.75, 3.05) is 19.8 Å². The van der Waals surface area contributed by atoms with E-state index < -0.39 is 86.8 Å². The number of aliphatic hydroxyl groups excluding tert-OH is 8. The smallest absolute Gasteiger partial charge is 0.220 e. The Morgan fingerprint density at radius 3 is 1.08 bits per heavy atom. The Balaban J connectivity index is 1.60. The van der Waals surface area contributed by atoms with Gasteiger partial charge in [0.15, 0.2) is 12.6 Å². The summed E-state index contributed by atoms with van der Waals surface area (Å²) in [7, 11) is 0. The second-order valence-corrected chi connectivity index (χ2v) is 29.2. The quantitative estimate of drug-likeness (QED) is 0.0204. The van der Waals surface area contributed by atoms with Gasteiger partial charge in [-0.05, 0) is 96.3 Å². The van der Waals surface area contributed by atoms with E-state index in [1.165, 1.54) is 231 Å². The predicted octanol–water partition coefficient (Wildman–Crippen LogP) is 19.8. The van der Waals surface area contributed by atoms with Crippen LogP contribution in [0.5, 0.6) is 0 Å². The minimum Gasteiger partial charge on any atom is -0.394 e. The molecule has 14 nitrogen and oxygen atoms in total. The Bertz CT molecular complexity index is 2140. The average Bonchev–Trinajstić information content (AvgIpc) is 0.790. The van der Waals surface area contributed by atoms with E-state index in [0.29, 0.717) is 12.8 Å². The fourth-order valence-electron chi connectivity index (χ4n) is 13.3. The zero-order valence-corrected chi connectivity index (χ0v) is 64.8. The second-order valence-electron chi connectivity index (χ2n) is 29.2. The number of hydrogen-bond donors (Lipinski definition) is 9. The molecule has 0 aromatic carbocycles. The van der Waals surface area contributed by atoms with Crippen molar-refractivity contribution in [3.05, 3.63) is 109 Å². The van der Waals surface area contributed by atoms with Crippen LogP contribution in [0.2, 0.25) is 0 Å². The Morgan fingerprint density at radius 2 is 0.686 bits per heavy atom. The monoisotopic (exact) mass is 1430 g/mol. The number of carbonyl (C=O) groups is 1. The maximum absolute atomic E-state index is 13.4. The number of hydrogen-bond acceptors (Lipinski definition) is 13. The van der Waals surface area contributed by atoms with Gasteiger partial charge in [-0.2, -0.15) is 0 Å². The molecule has 0 spiro atoms. The molecule has 0 radical (unpaired) electrons. The highest BCUT2D eigenvalue weighted by Gasteiger charge is 2.51. The van der Waals surface area contributed by atoms with E-state index in [9.17, 15) is 45.6 Å². The Labute approximate surface area is 623 Å². The Morgan fingerprint density at radius 1 is 0.363 bits per heavy atom. The molecule has 0 aromatic heterocycles. The van der Waals surface area contributed by atoms with Crippen LogP contribution in [0.4, 0.5) is 0 Å². The van der Waals surface area contributed by atoms with Crippen molar-refractivity contribution >= 4 is 5.91 Å². The van der Waals surface area contributed by atoms with Crippen molar-refractivity contribution in [3.63, 3.8) is 0 Å². The van der Waals surface area contributed by atoms with E-state index in [0.717, 1.165) is 83.5 Å². The van der Waals surface area contributed by atoms with Gasteiger partial charge < -0.3 is 65.1 Å². The molecule has 102 heavy (non-hydrogen) atoms. The lowest BCUT2D eigenvalue weighted by molar-refractivity contribution is -0.359. The molecule has 2 aliphatic rings. The number of carbonyl (C=O) groups excluding carboxylic acids is 1. The molecule has 14 heteroatoms. The van der Waals surface area contributed by atoms with Crippen molar-refractivity contribution in [2.24, 2.45) is 0 Å². The molecule has 0 aromatic rings. The van der Waals surface area contributed by atoms with Gasteiger partial charge in [0.2, 0.25) is 5.91 Å². The summed E-state index contributed by atoms with van der Waals surface area (Å²) in [4.78, 5) is 13.4. The molecule has 2 saturated heterocycles. The van der Waals surface area contributed by atoms with Crippen molar-refractivity contribution in [2.45, 2.75) is 421 Å². The zero-order chi connectivity index (χ0) is 73.7. The molecule has 0 aliphatic carbocycles. The summed E-state index contributed by atoms with van der Waals surface area (Å²) in [5.74, 6) is -0.250. The third-order valence-corrected chi connectivity index (χ3v) is 19.9. The highest BCUT2D eigenvalue weighted by atomic mass is 16.7. The summed E-state index contributed by atoms with van der Waals surface area (Å²) in [6.45, 7) is 2.70. The number of rotatable bonds is 70. The highest BCUT2D eigenvalue weighted by molar-refractivity contribution is 5.76. The first kappa shape index (κ1) is 94.7. The molecule has 2 aliphatic heterocycles. The molecule has 9 N–H and O–H groups in total. The molecule has 590 valence electrons. The van der Waals surface area contributed by atoms with Crippen molar-refractivity contribution in [1.82, 2.24) is 5.32 Å². The summed E-state index contributed by atoms with van der Waals surface area (Å²) >= 11 is 0. The first-order chi connectivity index (χ1) is 50.1. The van der Waals surface area contributed by atoms with Gasteiger partial charge in [-0.15, -0.1) is 0 Å². The van der Waals surface area contributed by atoms with Crippen LogP contribution >= 0.6 is 0 Å². The molecule has 2 fully saturated rings. The Hall–Kier alpha value is -3.35. The molecule has 12 atom stereocenters. The lowest BCUT2D eigenvalue weighted by Crippen LogP contribution is -2.65. The number of allylic oxidation sites excluding steroid dienone is 17. The van der Waals surface area contributed by atoms with Crippen LogP contribution in [-0.4, -0.2) is 140 Å². The van der Waals surface area contributed by atoms with E-state index in [1.807, 2.05) is 6.08 Å². The first-order valence-electron chi connectivity index (χ1n) is 42.1. The third-order valence-electron chi connectivity index (χ3n) is 19.9. The van der Waals surface area contributed by atoms with Crippen LogP contribution in [0.1, 0.15) is 348 Å². The second kappa shape index (κ2) is 70.6. The lowest BCUT2D eigenvalue weighted by Gasteiger charge is -2.46. The lowest BCUT2D eigenvalue weighted by atomic mass is 9.97. The minimum absolute atomic E-state index is 0.250. The molecule has 12 unspecified atom stereocenters.